The molecule has 122 valence electrons. The third kappa shape index (κ3) is 2.94. The Labute approximate surface area is 130 Å². The average molecular weight is 313 g/mol. The van der Waals surface area contributed by atoms with Crippen molar-refractivity contribution in [3.8, 4) is 0 Å². The Balaban J connectivity index is 2.22. The molecule has 0 aromatic heterocycles. The van der Waals surface area contributed by atoms with Crippen molar-refractivity contribution in [3.63, 3.8) is 0 Å². The third-order valence-corrected chi connectivity index (χ3v) is 10.9. The first-order chi connectivity index (χ1) is 9.45. The van der Waals surface area contributed by atoms with Gasteiger partial charge in [0.1, 0.15) is 6.10 Å². The summed E-state index contributed by atoms with van der Waals surface area (Å²) >= 11 is 0. The van der Waals surface area contributed by atoms with Crippen molar-refractivity contribution in [2.75, 3.05) is 0 Å². The molecule has 0 N–H and O–H groups in total. The molecule has 1 saturated heterocycles. The molecule has 2 fully saturated rings. The Morgan fingerprint density at radius 1 is 1.10 bits per heavy atom. The normalized spacial score (nSPS) is 40.9. The number of carbonyl (C=O) groups excluding carboxylic acids is 1. The summed E-state index contributed by atoms with van der Waals surface area (Å²) in [5.74, 6) is 1.51. The standard InChI is InChI=1S/C17H32O3Si/c1-10-11(2)16-13(9-14(18)19-16)12(3)15(10)20-21(7,8)17(4,5)6/h10-13,15-16H,9H2,1-8H3/t10-,11+,12+,13+,15+,16-/m0/s1. The van der Waals surface area contributed by atoms with E-state index in [0.29, 0.717) is 30.1 Å². The molecule has 1 saturated carbocycles. The highest BCUT2D eigenvalue weighted by Crippen LogP contribution is 2.48. The number of ether oxygens (including phenoxy) is 1. The van der Waals surface area contributed by atoms with Gasteiger partial charge in [-0.2, -0.15) is 0 Å². The van der Waals surface area contributed by atoms with Crippen LogP contribution in [0.5, 0.6) is 0 Å². The maximum Gasteiger partial charge on any atom is 0.306 e. The summed E-state index contributed by atoms with van der Waals surface area (Å²) in [4.78, 5) is 11.7. The summed E-state index contributed by atoms with van der Waals surface area (Å²) < 4.78 is 12.3. The zero-order valence-electron chi connectivity index (χ0n) is 14.9. The quantitative estimate of drug-likeness (QED) is 0.565. The smallest absolute Gasteiger partial charge is 0.306 e. The highest BCUT2D eigenvalue weighted by Gasteiger charge is 2.53. The first-order valence-electron chi connectivity index (χ1n) is 8.33. The number of carbonyl (C=O) groups is 1. The Morgan fingerprint density at radius 3 is 2.19 bits per heavy atom. The van der Waals surface area contributed by atoms with E-state index < -0.39 is 8.32 Å². The zero-order valence-corrected chi connectivity index (χ0v) is 15.9. The molecule has 1 aliphatic heterocycles. The van der Waals surface area contributed by atoms with Crippen molar-refractivity contribution in [3.05, 3.63) is 0 Å². The molecule has 1 aliphatic carbocycles. The fourth-order valence-electron chi connectivity index (χ4n) is 3.63. The molecule has 0 radical (unpaired) electrons. The van der Waals surface area contributed by atoms with Gasteiger partial charge in [-0.1, -0.05) is 41.5 Å². The van der Waals surface area contributed by atoms with E-state index in [1.54, 1.807) is 0 Å². The average Bonchev–Trinajstić information content (AvgIpc) is 2.73. The van der Waals surface area contributed by atoms with Gasteiger partial charge in [-0.25, -0.2) is 0 Å². The fourth-order valence-corrected chi connectivity index (χ4v) is 5.09. The van der Waals surface area contributed by atoms with Crippen LogP contribution in [0.2, 0.25) is 18.1 Å². The largest absolute Gasteiger partial charge is 0.462 e. The molecule has 0 amide bonds. The minimum atomic E-state index is -1.79. The molecule has 21 heavy (non-hydrogen) atoms. The van der Waals surface area contributed by atoms with E-state index in [0.717, 1.165) is 0 Å². The number of esters is 1. The van der Waals surface area contributed by atoms with E-state index in [1.807, 2.05) is 0 Å². The van der Waals surface area contributed by atoms with Crippen LogP contribution in [0, 0.1) is 23.7 Å². The van der Waals surface area contributed by atoms with Crippen LogP contribution in [0.25, 0.3) is 0 Å². The minimum absolute atomic E-state index is 0.0242. The lowest BCUT2D eigenvalue weighted by Gasteiger charge is -2.49. The van der Waals surface area contributed by atoms with E-state index in [4.69, 9.17) is 9.16 Å². The van der Waals surface area contributed by atoms with Gasteiger partial charge in [0, 0.05) is 5.92 Å². The Hall–Kier alpha value is -0.353. The van der Waals surface area contributed by atoms with Gasteiger partial charge in [-0.15, -0.1) is 0 Å². The van der Waals surface area contributed by atoms with Crippen LogP contribution < -0.4 is 0 Å². The summed E-state index contributed by atoms with van der Waals surface area (Å²) in [5.41, 5.74) is 0. The van der Waals surface area contributed by atoms with Crippen molar-refractivity contribution in [2.24, 2.45) is 23.7 Å². The van der Waals surface area contributed by atoms with Crippen LogP contribution in [-0.4, -0.2) is 26.5 Å². The van der Waals surface area contributed by atoms with Crippen LogP contribution in [-0.2, 0) is 14.0 Å². The first-order valence-corrected chi connectivity index (χ1v) is 11.2. The molecule has 6 atom stereocenters. The van der Waals surface area contributed by atoms with Gasteiger partial charge >= 0.3 is 5.97 Å². The summed E-state index contributed by atoms with van der Waals surface area (Å²) in [5, 5.41) is 0.217. The molecule has 3 nitrogen and oxygen atoms in total. The molecule has 0 bridgehead atoms. The predicted molar refractivity (Wildman–Crippen MR) is 87.5 cm³/mol. The number of hydrogen-bond acceptors (Lipinski definition) is 3. The first kappa shape index (κ1) is 17.0. The molecule has 2 aliphatic rings. The molecule has 0 aromatic carbocycles. The summed E-state index contributed by atoms with van der Waals surface area (Å²) in [6.45, 7) is 18.2. The monoisotopic (exact) mass is 312 g/mol. The maximum atomic E-state index is 11.7. The summed E-state index contributed by atoms with van der Waals surface area (Å²) in [7, 11) is -1.79. The van der Waals surface area contributed by atoms with Crippen molar-refractivity contribution in [1.82, 2.24) is 0 Å². The lowest BCUT2D eigenvalue weighted by molar-refractivity contribution is -0.147. The van der Waals surface area contributed by atoms with Gasteiger partial charge in [0.25, 0.3) is 0 Å². The van der Waals surface area contributed by atoms with E-state index in [-0.39, 0.29) is 23.2 Å². The predicted octanol–water partition coefficient (Wildman–Crippen LogP) is 4.23. The lowest BCUT2D eigenvalue weighted by Crippen LogP contribution is -2.54. The van der Waals surface area contributed by atoms with Crippen molar-refractivity contribution < 1.29 is 14.0 Å². The van der Waals surface area contributed by atoms with Crippen molar-refractivity contribution >= 4 is 14.3 Å². The van der Waals surface area contributed by atoms with Gasteiger partial charge in [0.2, 0.25) is 0 Å². The van der Waals surface area contributed by atoms with Crippen LogP contribution in [0.1, 0.15) is 48.0 Å². The second kappa shape index (κ2) is 5.38. The highest BCUT2D eigenvalue weighted by atomic mass is 28.4. The van der Waals surface area contributed by atoms with E-state index in [9.17, 15) is 4.79 Å². The van der Waals surface area contributed by atoms with Gasteiger partial charge in [-0.3, -0.25) is 4.79 Å². The van der Waals surface area contributed by atoms with Gasteiger partial charge in [0.15, 0.2) is 8.32 Å². The molecule has 0 unspecified atom stereocenters. The molecular formula is C17H32O3Si. The minimum Gasteiger partial charge on any atom is -0.462 e. The zero-order chi connectivity index (χ0) is 16.2. The van der Waals surface area contributed by atoms with Crippen LogP contribution in [0.3, 0.4) is 0 Å². The fraction of sp³-hybridized carbons (Fsp3) is 0.941. The summed E-state index contributed by atoms with van der Waals surface area (Å²) in [6.07, 6.45) is 0.915. The Morgan fingerprint density at radius 2 is 1.67 bits per heavy atom. The Bertz CT molecular complexity index is 413. The van der Waals surface area contributed by atoms with Gasteiger partial charge in [0.05, 0.1) is 12.5 Å². The SMILES string of the molecule is C[C@@H]1[C@H]2CC(=O)O[C@H]2[C@H](C)[C@H](C)[C@H]1O[Si](C)(C)C(C)(C)C. The molecular weight excluding hydrogens is 280 g/mol. The number of fused-ring (bicyclic) bond motifs is 1. The molecule has 4 heteroatoms. The van der Waals surface area contributed by atoms with Gasteiger partial charge in [-0.05, 0) is 35.9 Å². The van der Waals surface area contributed by atoms with Gasteiger partial charge < -0.3 is 9.16 Å². The number of hydrogen-bond donors (Lipinski definition) is 0. The van der Waals surface area contributed by atoms with Crippen LogP contribution >= 0.6 is 0 Å². The van der Waals surface area contributed by atoms with Crippen LogP contribution in [0.15, 0.2) is 0 Å². The highest BCUT2D eigenvalue weighted by molar-refractivity contribution is 6.74. The van der Waals surface area contributed by atoms with E-state index in [1.165, 1.54) is 0 Å². The molecule has 1 heterocycles. The van der Waals surface area contributed by atoms with Crippen LogP contribution in [0.4, 0.5) is 0 Å². The topological polar surface area (TPSA) is 35.5 Å². The molecule has 0 aromatic rings. The second-order valence-corrected chi connectivity index (χ2v) is 13.5. The Kier molecular flexibility index (Phi) is 4.35. The second-order valence-electron chi connectivity index (χ2n) is 8.74. The molecule has 2 rings (SSSR count). The van der Waals surface area contributed by atoms with Crippen molar-refractivity contribution in [2.45, 2.75) is 78.3 Å². The number of rotatable bonds is 2. The lowest BCUT2D eigenvalue weighted by atomic mass is 9.66. The van der Waals surface area contributed by atoms with E-state index >= 15 is 0 Å². The molecule has 0 spiro atoms. The maximum absolute atomic E-state index is 11.7. The van der Waals surface area contributed by atoms with E-state index in [2.05, 4.69) is 54.6 Å². The third-order valence-electron chi connectivity index (χ3n) is 6.39. The van der Waals surface area contributed by atoms with Crippen molar-refractivity contribution in [1.29, 1.82) is 0 Å². The summed E-state index contributed by atoms with van der Waals surface area (Å²) in [6, 6.07) is 0.